The molecular weight excluding hydrogens is 373 g/mol. The van der Waals surface area contributed by atoms with Gasteiger partial charge in [0.1, 0.15) is 11.9 Å². The molecule has 4 atom stereocenters. The number of hydrogen-bond donors (Lipinski definition) is 0. The molecule has 2 amide bonds. The topological polar surface area (TPSA) is 70.0 Å². The van der Waals surface area contributed by atoms with Crippen LogP contribution < -0.4 is 4.90 Å². The van der Waals surface area contributed by atoms with Crippen molar-refractivity contribution in [3.8, 4) is 0 Å². The highest BCUT2D eigenvalue weighted by Gasteiger charge is 2.64. The lowest BCUT2D eigenvalue weighted by atomic mass is 9.86. The zero-order valence-electron chi connectivity index (χ0n) is 15.2. The van der Waals surface area contributed by atoms with Crippen LogP contribution in [0.2, 0.25) is 0 Å². The number of fused-ring (bicyclic) bond motifs is 3. The molecule has 6 nitrogen and oxygen atoms in total. The highest BCUT2D eigenvalue weighted by molar-refractivity contribution is 6.24. The Morgan fingerprint density at radius 1 is 0.931 bits per heavy atom. The number of Topliss-reactive ketones (excluding diaryl/α,β-unsaturated/α-hetero) is 1. The van der Waals surface area contributed by atoms with Crippen LogP contribution in [-0.2, 0) is 9.59 Å². The van der Waals surface area contributed by atoms with E-state index >= 15 is 0 Å². The molecule has 0 radical (unpaired) electrons. The number of halogens is 1. The predicted molar refractivity (Wildman–Crippen MR) is 104 cm³/mol. The van der Waals surface area contributed by atoms with Gasteiger partial charge in [0.15, 0.2) is 5.78 Å². The second kappa shape index (κ2) is 6.48. The lowest BCUT2D eigenvalue weighted by Crippen LogP contribution is -2.46. The van der Waals surface area contributed by atoms with Crippen molar-refractivity contribution in [3.05, 3.63) is 78.1 Å². The Bertz CT molecular complexity index is 1060. The number of carbonyl (C=O) groups excluding carboxylic acids is 3. The summed E-state index contributed by atoms with van der Waals surface area (Å²) < 4.78 is 13.3. The first-order chi connectivity index (χ1) is 14.1. The molecule has 3 aliphatic heterocycles. The standard InChI is InChI=1S/C22H16FN3O3/c23-14-8-10-15(11-9-14)25-21(28)17-16-7-4-12-24-26(16)19(18(17)22(25)29)20(27)13-5-2-1-3-6-13/h1-12,16-19H/t16?,17-,18-,19+/m1/s1. The van der Waals surface area contributed by atoms with Gasteiger partial charge in [0, 0.05) is 11.8 Å². The van der Waals surface area contributed by atoms with Gasteiger partial charge in [-0.2, -0.15) is 5.10 Å². The quantitative estimate of drug-likeness (QED) is 0.597. The van der Waals surface area contributed by atoms with Crippen LogP contribution in [0, 0.1) is 17.7 Å². The number of ketones is 1. The molecular formula is C22H16FN3O3. The summed E-state index contributed by atoms with van der Waals surface area (Å²) in [5.41, 5.74) is 0.763. The van der Waals surface area contributed by atoms with E-state index < -0.39 is 41.6 Å². The van der Waals surface area contributed by atoms with Crippen molar-refractivity contribution in [3.63, 3.8) is 0 Å². The largest absolute Gasteiger partial charge is 0.292 e. The molecule has 0 saturated carbocycles. The van der Waals surface area contributed by atoms with Crippen LogP contribution in [0.25, 0.3) is 0 Å². The van der Waals surface area contributed by atoms with Crippen molar-refractivity contribution >= 4 is 29.5 Å². The van der Waals surface area contributed by atoms with Crippen LogP contribution >= 0.6 is 0 Å². The molecule has 3 aliphatic rings. The SMILES string of the molecule is O=C(c1ccccc1)[C@@H]1[C@@H]2C(=O)N(c3ccc(F)cc3)C(=O)[C@@H]2C2C=CC=NN21. The van der Waals surface area contributed by atoms with Crippen molar-refractivity contribution in [2.45, 2.75) is 12.1 Å². The molecule has 2 fully saturated rings. The zero-order chi connectivity index (χ0) is 20.1. The van der Waals surface area contributed by atoms with Crippen molar-refractivity contribution in [2.75, 3.05) is 4.90 Å². The molecule has 29 heavy (non-hydrogen) atoms. The molecule has 144 valence electrons. The third kappa shape index (κ3) is 2.54. The highest BCUT2D eigenvalue weighted by atomic mass is 19.1. The predicted octanol–water partition coefficient (Wildman–Crippen LogP) is 2.42. The fraction of sp³-hybridized carbons (Fsp3) is 0.182. The first-order valence-electron chi connectivity index (χ1n) is 9.29. The third-order valence-corrected chi connectivity index (χ3v) is 5.70. The fourth-order valence-corrected chi connectivity index (χ4v) is 4.46. The van der Waals surface area contributed by atoms with Crippen molar-refractivity contribution in [1.29, 1.82) is 0 Å². The van der Waals surface area contributed by atoms with Crippen LogP contribution in [0.3, 0.4) is 0 Å². The van der Waals surface area contributed by atoms with Crippen molar-refractivity contribution in [2.24, 2.45) is 16.9 Å². The van der Waals surface area contributed by atoms with Crippen LogP contribution in [0.1, 0.15) is 10.4 Å². The van der Waals surface area contributed by atoms with E-state index in [2.05, 4.69) is 5.10 Å². The first-order valence-corrected chi connectivity index (χ1v) is 9.29. The van der Waals surface area contributed by atoms with Gasteiger partial charge in [0.05, 0.1) is 23.6 Å². The Morgan fingerprint density at radius 2 is 1.62 bits per heavy atom. The van der Waals surface area contributed by atoms with Gasteiger partial charge in [0.25, 0.3) is 0 Å². The number of imide groups is 1. The van der Waals surface area contributed by atoms with E-state index in [1.54, 1.807) is 53.7 Å². The molecule has 0 spiro atoms. The Kier molecular flexibility index (Phi) is 3.91. The van der Waals surface area contributed by atoms with Crippen LogP contribution in [0.5, 0.6) is 0 Å². The average Bonchev–Trinajstić information content (AvgIpc) is 3.22. The summed E-state index contributed by atoms with van der Waals surface area (Å²) in [6.45, 7) is 0. The van der Waals surface area contributed by atoms with E-state index in [4.69, 9.17) is 0 Å². The molecule has 0 aromatic heterocycles. The van der Waals surface area contributed by atoms with Gasteiger partial charge in [-0.1, -0.05) is 36.4 Å². The Morgan fingerprint density at radius 3 is 2.34 bits per heavy atom. The molecule has 7 heteroatoms. The van der Waals surface area contributed by atoms with Gasteiger partial charge in [-0.3, -0.25) is 19.4 Å². The Balaban J connectivity index is 1.58. The van der Waals surface area contributed by atoms with Crippen LogP contribution in [0.4, 0.5) is 10.1 Å². The molecule has 3 heterocycles. The maximum atomic E-state index is 13.3. The molecule has 2 saturated heterocycles. The lowest BCUT2D eigenvalue weighted by Gasteiger charge is -2.30. The van der Waals surface area contributed by atoms with Gasteiger partial charge in [-0.25, -0.2) is 9.29 Å². The highest BCUT2D eigenvalue weighted by Crippen LogP contribution is 2.46. The van der Waals surface area contributed by atoms with Gasteiger partial charge >= 0.3 is 0 Å². The number of benzene rings is 2. The van der Waals surface area contributed by atoms with Gasteiger partial charge in [-0.05, 0) is 30.3 Å². The molecule has 0 aliphatic carbocycles. The number of rotatable bonds is 3. The number of nitrogens with zero attached hydrogens (tertiary/aromatic N) is 3. The summed E-state index contributed by atoms with van der Waals surface area (Å²) in [7, 11) is 0. The maximum absolute atomic E-state index is 13.3. The molecule has 1 unspecified atom stereocenters. The summed E-state index contributed by atoms with van der Waals surface area (Å²) >= 11 is 0. The molecule has 5 rings (SSSR count). The van der Waals surface area contributed by atoms with Gasteiger partial charge in [-0.15, -0.1) is 0 Å². The lowest BCUT2D eigenvalue weighted by molar-refractivity contribution is -0.123. The monoisotopic (exact) mass is 389 g/mol. The molecule has 2 aromatic rings. The average molecular weight is 389 g/mol. The van der Waals surface area contributed by atoms with E-state index in [-0.39, 0.29) is 5.78 Å². The van der Waals surface area contributed by atoms with E-state index in [0.29, 0.717) is 11.3 Å². The smallest absolute Gasteiger partial charge is 0.240 e. The van der Waals surface area contributed by atoms with E-state index in [1.807, 2.05) is 0 Å². The number of allylic oxidation sites excluding steroid dienone is 1. The third-order valence-electron chi connectivity index (χ3n) is 5.70. The Labute approximate surface area is 165 Å². The van der Waals surface area contributed by atoms with Crippen molar-refractivity contribution in [1.82, 2.24) is 5.01 Å². The van der Waals surface area contributed by atoms with E-state index in [0.717, 1.165) is 4.90 Å². The normalized spacial score (nSPS) is 27.3. The van der Waals surface area contributed by atoms with Gasteiger partial charge in [0.2, 0.25) is 11.8 Å². The second-order valence-corrected chi connectivity index (χ2v) is 7.24. The summed E-state index contributed by atoms with van der Waals surface area (Å²) in [4.78, 5) is 40.9. The van der Waals surface area contributed by atoms with E-state index in [1.165, 1.54) is 24.3 Å². The minimum Gasteiger partial charge on any atom is -0.292 e. The number of anilines is 1. The summed E-state index contributed by atoms with van der Waals surface area (Å²) in [6.07, 6.45) is 5.06. The molecule has 0 N–H and O–H groups in total. The van der Waals surface area contributed by atoms with Crippen LogP contribution in [-0.4, -0.2) is 40.9 Å². The summed E-state index contributed by atoms with van der Waals surface area (Å²) in [5.74, 6) is -3.15. The van der Waals surface area contributed by atoms with Crippen LogP contribution in [0.15, 0.2) is 71.9 Å². The van der Waals surface area contributed by atoms with Crippen molar-refractivity contribution < 1.29 is 18.8 Å². The second-order valence-electron chi connectivity index (χ2n) is 7.24. The zero-order valence-corrected chi connectivity index (χ0v) is 15.2. The maximum Gasteiger partial charge on any atom is 0.240 e. The fourth-order valence-electron chi connectivity index (χ4n) is 4.46. The number of hydrazone groups is 1. The first kappa shape index (κ1) is 17.5. The minimum absolute atomic E-state index is 0.252. The number of amides is 2. The number of hydrogen-bond acceptors (Lipinski definition) is 5. The number of carbonyl (C=O) groups is 3. The van der Waals surface area contributed by atoms with Gasteiger partial charge < -0.3 is 0 Å². The molecule has 0 bridgehead atoms. The molecule has 2 aromatic carbocycles. The summed E-state index contributed by atoms with van der Waals surface area (Å²) in [6, 6.07) is 12.5. The Hall–Kier alpha value is -3.61. The minimum atomic E-state index is -0.879. The summed E-state index contributed by atoms with van der Waals surface area (Å²) in [5, 5.41) is 5.88. The van der Waals surface area contributed by atoms with E-state index in [9.17, 15) is 18.8 Å².